The molecule has 1 unspecified atom stereocenters. The number of carbonyl (C=O) groups is 1. The Kier molecular flexibility index (Phi) is 4.44. The maximum Gasteiger partial charge on any atom is 0.254 e. The number of halogens is 1. The molecule has 18 heavy (non-hydrogen) atoms. The number of hydrogen-bond acceptors (Lipinski definition) is 1. The summed E-state index contributed by atoms with van der Waals surface area (Å²) in [6.07, 6.45) is 3.47. The first kappa shape index (κ1) is 13.6. The molecule has 0 aromatic heterocycles. The summed E-state index contributed by atoms with van der Waals surface area (Å²) in [6.45, 7) is 4.93. The molecule has 0 N–H and O–H groups in total. The van der Waals surface area contributed by atoms with Crippen LogP contribution in [0, 0.1) is 13.8 Å². The van der Waals surface area contributed by atoms with Gasteiger partial charge in [-0.2, -0.15) is 0 Å². The minimum Gasteiger partial charge on any atom is -0.335 e. The summed E-state index contributed by atoms with van der Waals surface area (Å²) in [6, 6.07) is 6.41. The van der Waals surface area contributed by atoms with Crippen LogP contribution in [-0.2, 0) is 0 Å². The highest BCUT2D eigenvalue weighted by Crippen LogP contribution is 2.23. The molecule has 3 heteroatoms. The second-order valence-corrected chi connectivity index (χ2v) is 5.72. The largest absolute Gasteiger partial charge is 0.335 e. The van der Waals surface area contributed by atoms with Crippen LogP contribution in [0.5, 0.6) is 0 Å². The van der Waals surface area contributed by atoms with Crippen LogP contribution in [0.2, 0.25) is 0 Å². The molecule has 1 heterocycles. The molecule has 1 saturated heterocycles. The minimum atomic E-state index is 0.203. The van der Waals surface area contributed by atoms with Gasteiger partial charge in [-0.25, -0.2) is 0 Å². The molecule has 1 aromatic rings. The Hall–Kier alpha value is -0.830. The second kappa shape index (κ2) is 5.87. The van der Waals surface area contributed by atoms with Gasteiger partial charge < -0.3 is 4.90 Å². The lowest BCUT2D eigenvalue weighted by Gasteiger charge is -2.35. The summed E-state index contributed by atoms with van der Waals surface area (Å²) in [7, 11) is 0. The molecule has 0 saturated carbocycles. The Morgan fingerprint density at radius 2 is 2.00 bits per heavy atom. The SMILES string of the molecule is Cc1cccc(C)c1C(=O)N1CCCCC1CBr. The molecule has 1 aromatic carbocycles. The van der Waals surface area contributed by atoms with E-state index in [1.807, 2.05) is 36.9 Å². The average Bonchev–Trinajstić information content (AvgIpc) is 2.38. The van der Waals surface area contributed by atoms with Crippen molar-refractivity contribution in [3.63, 3.8) is 0 Å². The number of alkyl halides is 1. The van der Waals surface area contributed by atoms with Crippen molar-refractivity contribution in [2.24, 2.45) is 0 Å². The smallest absolute Gasteiger partial charge is 0.254 e. The topological polar surface area (TPSA) is 20.3 Å². The highest BCUT2D eigenvalue weighted by atomic mass is 79.9. The Balaban J connectivity index is 2.30. The Morgan fingerprint density at radius 1 is 1.33 bits per heavy atom. The third-order valence-electron chi connectivity index (χ3n) is 3.76. The Bertz CT molecular complexity index is 424. The van der Waals surface area contributed by atoms with E-state index in [2.05, 4.69) is 15.9 Å². The monoisotopic (exact) mass is 309 g/mol. The number of likely N-dealkylation sites (tertiary alicyclic amines) is 1. The van der Waals surface area contributed by atoms with E-state index >= 15 is 0 Å². The maximum absolute atomic E-state index is 12.7. The molecule has 0 aliphatic carbocycles. The van der Waals surface area contributed by atoms with E-state index in [9.17, 15) is 4.79 Å². The quantitative estimate of drug-likeness (QED) is 0.763. The van der Waals surface area contributed by atoms with Gasteiger partial charge in [0.05, 0.1) is 0 Å². The van der Waals surface area contributed by atoms with Gasteiger partial charge in [-0.1, -0.05) is 34.1 Å². The first-order valence-electron chi connectivity index (χ1n) is 6.58. The van der Waals surface area contributed by atoms with Gasteiger partial charge in [0, 0.05) is 23.5 Å². The molecule has 0 spiro atoms. The van der Waals surface area contributed by atoms with Gasteiger partial charge >= 0.3 is 0 Å². The fourth-order valence-electron chi connectivity index (χ4n) is 2.72. The second-order valence-electron chi connectivity index (χ2n) is 5.07. The maximum atomic E-state index is 12.7. The van der Waals surface area contributed by atoms with Gasteiger partial charge in [0.2, 0.25) is 0 Å². The van der Waals surface area contributed by atoms with Crippen molar-refractivity contribution in [2.75, 3.05) is 11.9 Å². The minimum absolute atomic E-state index is 0.203. The lowest BCUT2D eigenvalue weighted by molar-refractivity contribution is 0.0640. The van der Waals surface area contributed by atoms with Crippen LogP contribution in [0.1, 0.15) is 40.7 Å². The van der Waals surface area contributed by atoms with E-state index in [1.165, 1.54) is 6.42 Å². The zero-order valence-electron chi connectivity index (χ0n) is 11.1. The van der Waals surface area contributed by atoms with Crippen LogP contribution in [0.4, 0.5) is 0 Å². The molecule has 2 nitrogen and oxygen atoms in total. The van der Waals surface area contributed by atoms with Crippen molar-refractivity contribution < 1.29 is 4.79 Å². The molecular weight excluding hydrogens is 290 g/mol. The molecule has 1 fully saturated rings. The number of piperidine rings is 1. The summed E-state index contributed by atoms with van der Waals surface area (Å²) < 4.78 is 0. The summed E-state index contributed by atoms with van der Waals surface area (Å²) in [5.41, 5.74) is 3.06. The first-order valence-corrected chi connectivity index (χ1v) is 7.70. The molecule has 2 rings (SSSR count). The molecule has 0 radical (unpaired) electrons. The van der Waals surface area contributed by atoms with Crippen molar-refractivity contribution in [1.29, 1.82) is 0 Å². The van der Waals surface area contributed by atoms with Crippen molar-refractivity contribution in [3.05, 3.63) is 34.9 Å². The van der Waals surface area contributed by atoms with Gasteiger partial charge in [-0.15, -0.1) is 0 Å². The third-order valence-corrected chi connectivity index (χ3v) is 4.51. The Labute approximate surface area is 117 Å². The van der Waals surface area contributed by atoms with E-state index in [-0.39, 0.29) is 5.91 Å². The van der Waals surface area contributed by atoms with E-state index in [0.717, 1.165) is 41.4 Å². The summed E-state index contributed by atoms with van der Waals surface area (Å²) in [4.78, 5) is 14.8. The zero-order chi connectivity index (χ0) is 13.1. The highest BCUT2D eigenvalue weighted by molar-refractivity contribution is 9.09. The molecular formula is C15H20BrNO. The van der Waals surface area contributed by atoms with E-state index in [0.29, 0.717) is 6.04 Å². The molecule has 98 valence electrons. The van der Waals surface area contributed by atoms with E-state index in [4.69, 9.17) is 0 Å². The molecule has 1 amide bonds. The standard InChI is InChI=1S/C15H20BrNO/c1-11-6-5-7-12(2)14(11)15(18)17-9-4-3-8-13(17)10-16/h5-7,13H,3-4,8-10H2,1-2H3. The molecule has 0 bridgehead atoms. The number of amides is 1. The fourth-order valence-corrected chi connectivity index (χ4v) is 3.40. The highest BCUT2D eigenvalue weighted by Gasteiger charge is 2.28. The van der Waals surface area contributed by atoms with Crippen LogP contribution in [0.25, 0.3) is 0 Å². The van der Waals surface area contributed by atoms with E-state index < -0.39 is 0 Å². The van der Waals surface area contributed by atoms with Gasteiger partial charge in [0.15, 0.2) is 0 Å². The third kappa shape index (κ3) is 2.61. The summed E-state index contributed by atoms with van der Waals surface area (Å²) in [5, 5.41) is 0.879. The molecule has 1 aliphatic rings. The number of carbonyl (C=O) groups excluding carboxylic acids is 1. The van der Waals surface area contributed by atoms with Crippen LogP contribution < -0.4 is 0 Å². The first-order chi connectivity index (χ1) is 8.65. The number of benzene rings is 1. The van der Waals surface area contributed by atoms with Crippen LogP contribution in [0.3, 0.4) is 0 Å². The van der Waals surface area contributed by atoms with Gasteiger partial charge in [-0.05, 0) is 44.2 Å². The summed E-state index contributed by atoms with van der Waals surface area (Å²) in [5.74, 6) is 0.203. The lowest BCUT2D eigenvalue weighted by atomic mass is 9.98. The van der Waals surface area contributed by atoms with Crippen LogP contribution >= 0.6 is 15.9 Å². The summed E-state index contributed by atoms with van der Waals surface area (Å²) >= 11 is 3.54. The average molecular weight is 310 g/mol. The molecule has 1 atom stereocenters. The van der Waals surface area contributed by atoms with Crippen molar-refractivity contribution in [3.8, 4) is 0 Å². The van der Waals surface area contributed by atoms with Crippen LogP contribution in [-0.4, -0.2) is 28.7 Å². The number of rotatable bonds is 2. The van der Waals surface area contributed by atoms with Crippen molar-refractivity contribution in [2.45, 2.75) is 39.2 Å². The van der Waals surface area contributed by atoms with Gasteiger partial charge in [-0.3, -0.25) is 4.79 Å². The lowest BCUT2D eigenvalue weighted by Crippen LogP contribution is -2.45. The number of nitrogens with zero attached hydrogens (tertiary/aromatic N) is 1. The van der Waals surface area contributed by atoms with Gasteiger partial charge in [0.25, 0.3) is 5.91 Å². The Morgan fingerprint density at radius 3 is 2.61 bits per heavy atom. The zero-order valence-corrected chi connectivity index (χ0v) is 12.7. The van der Waals surface area contributed by atoms with Crippen molar-refractivity contribution in [1.82, 2.24) is 4.90 Å². The molecule has 1 aliphatic heterocycles. The normalized spacial score (nSPS) is 19.9. The number of aryl methyl sites for hydroxylation is 2. The van der Waals surface area contributed by atoms with Gasteiger partial charge in [0.1, 0.15) is 0 Å². The van der Waals surface area contributed by atoms with E-state index in [1.54, 1.807) is 0 Å². The number of hydrogen-bond donors (Lipinski definition) is 0. The fraction of sp³-hybridized carbons (Fsp3) is 0.533. The van der Waals surface area contributed by atoms with Crippen LogP contribution in [0.15, 0.2) is 18.2 Å². The predicted molar refractivity (Wildman–Crippen MR) is 78.4 cm³/mol. The van der Waals surface area contributed by atoms with Crippen molar-refractivity contribution >= 4 is 21.8 Å². The predicted octanol–water partition coefficient (Wildman–Crippen LogP) is 3.69.